The number of hydrogen-bond acceptors (Lipinski definition) is 3. The van der Waals surface area contributed by atoms with Gasteiger partial charge >= 0.3 is 0 Å². The van der Waals surface area contributed by atoms with Gasteiger partial charge in [-0.1, -0.05) is 22.9 Å². The summed E-state index contributed by atoms with van der Waals surface area (Å²) in [5.41, 5.74) is 6.28. The summed E-state index contributed by atoms with van der Waals surface area (Å²) >= 11 is 4.90. The molecule has 1 unspecified atom stereocenters. The van der Waals surface area contributed by atoms with E-state index >= 15 is 0 Å². The summed E-state index contributed by atoms with van der Waals surface area (Å²) < 4.78 is 0.997. The molecule has 1 amide bonds. The molecule has 0 fully saturated rings. The van der Waals surface area contributed by atoms with Crippen molar-refractivity contribution in [3.05, 3.63) is 28.7 Å². The molecular formula is C11H15BrN2OS. The molecule has 0 aliphatic carbocycles. The van der Waals surface area contributed by atoms with Gasteiger partial charge in [0, 0.05) is 22.0 Å². The molecule has 1 rings (SSSR count). The Labute approximate surface area is 108 Å². The molecule has 88 valence electrons. The Morgan fingerprint density at radius 1 is 1.50 bits per heavy atom. The van der Waals surface area contributed by atoms with Crippen LogP contribution < -0.4 is 11.1 Å². The Balaban J connectivity index is 2.37. The van der Waals surface area contributed by atoms with Crippen LogP contribution in [-0.2, 0) is 4.79 Å². The van der Waals surface area contributed by atoms with Crippen molar-refractivity contribution in [1.29, 1.82) is 0 Å². The lowest BCUT2D eigenvalue weighted by molar-refractivity contribution is -0.113. The molecule has 3 nitrogen and oxygen atoms in total. The number of thioether (sulfide) groups is 1. The molecular weight excluding hydrogens is 288 g/mol. The summed E-state index contributed by atoms with van der Waals surface area (Å²) in [4.78, 5) is 11.5. The number of rotatable bonds is 5. The van der Waals surface area contributed by atoms with Crippen molar-refractivity contribution in [3.63, 3.8) is 0 Å². The number of nitrogens with one attached hydrogen (secondary N) is 1. The van der Waals surface area contributed by atoms with E-state index in [1.54, 1.807) is 11.8 Å². The number of hydrogen-bond donors (Lipinski definition) is 2. The largest absolute Gasteiger partial charge is 0.329 e. The van der Waals surface area contributed by atoms with E-state index in [9.17, 15) is 4.79 Å². The fourth-order valence-electron chi connectivity index (χ4n) is 1.02. The second-order valence-corrected chi connectivity index (χ2v) is 5.75. The molecule has 3 N–H and O–H groups in total. The van der Waals surface area contributed by atoms with Gasteiger partial charge in [0.15, 0.2) is 0 Å². The van der Waals surface area contributed by atoms with Gasteiger partial charge in [-0.05, 0) is 24.3 Å². The van der Waals surface area contributed by atoms with Crippen LogP contribution in [0.4, 0.5) is 5.69 Å². The van der Waals surface area contributed by atoms with Crippen molar-refractivity contribution in [2.45, 2.75) is 12.2 Å². The summed E-state index contributed by atoms with van der Waals surface area (Å²) in [6.45, 7) is 2.60. The standard InChI is InChI=1S/C11H15BrN2OS/c1-8(6-13)16-7-11(15)14-10-4-2-9(12)3-5-10/h2-5,8H,6-7,13H2,1H3,(H,14,15). The molecule has 16 heavy (non-hydrogen) atoms. The van der Waals surface area contributed by atoms with E-state index in [4.69, 9.17) is 5.73 Å². The van der Waals surface area contributed by atoms with E-state index < -0.39 is 0 Å². The Hall–Kier alpha value is -0.520. The van der Waals surface area contributed by atoms with Crippen LogP contribution in [0.2, 0.25) is 0 Å². The predicted molar refractivity (Wildman–Crippen MR) is 73.7 cm³/mol. The highest BCUT2D eigenvalue weighted by atomic mass is 79.9. The van der Waals surface area contributed by atoms with Crippen molar-refractivity contribution < 1.29 is 4.79 Å². The molecule has 5 heteroatoms. The number of nitrogens with two attached hydrogens (primary N) is 1. The van der Waals surface area contributed by atoms with Crippen molar-refractivity contribution in [2.75, 3.05) is 17.6 Å². The number of benzene rings is 1. The van der Waals surface area contributed by atoms with Crippen LogP contribution in [0.5, 0.6) is 0 Å². The zero-order chi connectivity index (χ0) is 12.0. The minimum absolute atomic E-state index is 0.00706. The summed E-state index contributed by atoms with van der Waals surface area (Å²) in [6, 6.07) is 7.51. The van der Waals surface area contributed by atoms with Crippen LogP contribution in [0.15, 0.2) is 28.7 Å². The van der Waals surface area contributed by atoms with E-state index in [0.29, 0.717) is 17.5 Å². The van der Waals surface area contributed by atoms with Crippen molar-refractivity contribution in [1.82, 2.24) is 0 Å². The number of carbonyl (C=O) groups excluding carboxylic acids is 1. The lowest BCUT2D eigenvalue weighted by atomic mass is 10.3. The van der Waals surface area contributed by atoms with Crippen LogP contribution >= 0.6 is 27.7 Å². The van der Waals surface area contributed by atoms with Crippen LogP contribution in [0.3, 0.4) is 0 Å². The lowest BCUT2D eigenvalue weighted by Gasteiger charge is -2.08. The van der Waals surface area contributed by atoms with E-state index in [1.807, 2.05) is 31.2 Å². The molecule has 1 aromatic carbocycles. The average Bonchev–Trinajstić information content (AvgIpc) is 2.29. The molecule has 0 saturated heterocycles. The molecule has 0 spiro atoms. The number of carbonyl (C=O) groups is 1. The zero-order valence-corrected chi connectivity index (χ0v) is 11.5. The van der Waals surface area contributed by atoms with Gasteiger partial charge in [-0.15, -0.1) is 11.8 Å². The SMILES string of the molecule is CC(CN)SCC(=O)Nc1ccc(Br)cc1. The summed E-state index contributed by atoms with van der Waals surface area (Å²) in [6.07, 6.45) is 0. The fourth-order valence-corrected chi connectivity index (χ4v) is 1.92. The first kappa shape index (κ1) is 13.5. The fraction of sp³-hybridized carbons (Fsp3) is 0.364. The van der Waals surface area contributed by atoms with Gasteiger partial charge in [0.2, 0.25) is 5.91 Å². The van der Waals surface area contributed by atoms with E-state index in [1.165, 1.54) is 0 Å². The number of amides is 1. The molecule has 0 bridgehead atoms. The Bertz CT molecular complexity index is 342. The average molecular weight is 303 g/mol. The van der Waals surface area contributed by atoms with Gasteiger partial charge in [0.25, 0.3) is 0 Å². The normalized spacial score (nSPS) is 12.2. The quantitative estimate of drug-likeness (QED) is 0.878. The first-order valence-corrected chi connectivity index (χ1v) is 6.83. The van der Waals surface area contributed by atoms with Crippen LogP contribution in [0, 0.1) is 0 Å². The maximum Gasteiger partial charge on any atom is 0.234 e. The van der Waals surface area contributed by atoms with Gasteiger partial charge < -0.3 is 11.1 Å². The summed E-state index contributed by atoms with van der Waals surface area (Å²) in [5.74, 6) is 0.446. The first-order valence-electron chi connectivity index (χ1n) is 4.99. The predicted octanol–water partition coefficient (Wildman–Crippen LogP) is 2.47. The molecule has 1 aromatic rings. The molecule has 0 aliphatic heterocycles. The van der Waals surface area contributed by atoms with Gasteiger partial charge in [0.1, 0.15) is 0 Å². The molecule has 0 radical (unpaired) electrons. The van der Waals surface area contributed by atoms with Gasteiger partial charge in [0.05, 0.1) is 5.75 Å². The molecule has 0 aromatic heterocycles. The number of anilines is 1. The molecule has 0 heterocycles. The minimum atomic E-state index is 0.00706. The first-order chi connectivity index (χ1) is 7.61. The van der Waals surface area contributed by atoms with E-state index in [2.05, 4.69) is 21.2 Å². The smallest absolute Gasteiger partial charge is 0.234 e. The third-order valence-corrected chi connectivity index (χ3v) is 3.68. The maximum atomic E-state index is 11.5. The molecule has 1 atom stereocenters. The highest BCUT2D eigenvalue weighted by molar-refractivity contribution is 9.10. The van der Waals surface area contributed by atoms with Gasteiger partial charge in [-0.2, -0.15) is 0 Å². The summed E-state index contributed by atoms with van der Waals surface area (Å²) in [5, 5.41) is 3.14. The van der Waals surface area contributed by atoms with E-state index in [-0.39, 0.29) is 5.91 Å². The Kier molecular flexibility index (Phi) is 5.87. The maximum absolute atomic E-state index is 11.5. The topological polar surface area (TPSA) is 55.1 Å². The van der Waals surface area contributed by atoms with E-state index in [0.717, 1.165) is 10.2 Å². The highest BCUT2D eigenvalue weighted by Gasteiger charge is 2.05. The third-order valence-electron chi connectivity index (χ3n) is 1.96. The second-order valence-electron chi connectivity index (χ2n) is 3.41. The molecule has 0 saturated carbocycles. The number of halogens is 1. The Morgan fingerprint density at radius 3 is 2.69 bits per heavy atom. The van der Waals surface area contributed by atoms with Gasteiger partial charge in [-0.25, -0.2) is 0 Å². The third kappa shape index (κ3) is 5.01. The summed E-state index contributed by atoms with van der Waals surface area (Å²) in [7, 11) is 0. The Morgan fingerprint density at radius 2 is 2.12 bits per heavy atom. The monoisotopic (exact) mass is 302 g/mol. The van der Waals surface area contributed by atoms with Crippen LogP contribution in [0.25, 0.3) is 0 Å². The lowest BCUT2D eigenvalue weighted by Crippen LogP contribution is -2.19. The van der Waals surface area contributed by atoms with Crippen molar-refractivity contribution in [2.24, 2.45) is 5.73 Å². The van der Waals surface area contributed by atoms with Crippen molar-refractivity contribution >= 4 is 39.3 Å². The molecule has 0 aliphatic rings. The van der Waals surface area contributed by atoms with Crippen molar-refractivity contribution in [3.8, 4) is 0 Å². The van der Waals surface area contributed by atoms with Crippen LogP contribution in [-0.4, -0.2) is 23.5 Å². The zero-order valence-electron chi connectivity index (χ0n) is 9.07. The highest BCUT2D eigenvalue weighted by Crippen LogP contribution is 2.15. The second kappa shape index (κ2) is 6.93. The van der Waals surface area contributed by atoms with Gasteiger partial charge in [-0.3, -0.25) is 4.79 Å². The van der Waals surface area contributed by atoms with Crippen LogP contribution in [0.1, 0.15) is 6.92 Å². The minimum Gasteiger partial charge on any atom is -0.329 e.